The van der Waals surface area contributed by atoms with Crippen LogP contribution in [0, 0.1) is 0 Å². The lowest BCUT2D eigenvalue weighted by molar-refractivity contribution is 0.0949. The number of rotatable bonds is 5. The lowest BCUT2D eigenvalue weighted by Crippen LogP contribution is -2.36. The molecule has 0 radical (unpaired) electrons. The van der Waals surface area contributed by atoms with E-state index in [9.17, 15) is 13.6 Å². The van der Waals surface area contributed by atoms with Gasteiger partial charge in [-0.25, -0.2) is 18.6 Å². The van der Waals surface area contributed by atoms with E-state index in [2.05, 4.69) is 20.5 Å². The molecular weight excluding hydrogens is 406 g/mol. The first-order valence-electron chi connectivity index (χ1n) is 8.78. The Morgan fingerprint density at radius 1 is 1.38 bits per heavy atom. The van der Waals surface area contributed by atoms with Crippen LogP contribution >= 0.6 is 11.6 Å². The Balaban J connectivity index is 1.68. The van der Waals surface area contributed by atoms with Crippen LogP contribution in [-0.2, 0) is 17.8 Å². The Labute approximate surface area is 169 Å². The highest BCUT2D eigenvalue weighted by Crippen LogP contribution is 2.33. The molecule has 2 aromatic heterocycles. The fraction of sp³-hybridized carbons (Fsp3) is 0.333. The largest absolute Gasteiger partial charge is 0.373 e. The van der Waals surface area contributed by atoms with Crippen LogP contribution in [0.15, 0.2) is 35.3 Å². The molecule has 4 rings (SSSR count). The second-order valence-electron chi connectivity index (χ2n) is 6.58. The van der Waals surface area contributed by atoms with E-state index in [0.29, 0.717) is 35.7 Å². The van der Waals surface area contributed by atoms with Crippen molar-refractivity contribution in [1.82, 2.24) is 25.2 Å². The van der Waals surface area contributed by atoms with E-state index < -0.39 is 18.1 Å². The number of alkyl halides is 2. The first-order valence-corrected chi connectivity index (χ1v) is 9.16. The van der Waals surface area contributed by atoms with Crippen LogP contribution in [0.5, 0.6) is 0 Å². The number of nitrogens with zero attached hydrogens (tertiary/aromatic N) is 5. The van der Waals surface area contributed by atoms with Gasteiger partial charge in [0.2, 0.25) is 0 Å². The lowest BCUT2D eigenvalue weighted by Gasteiger charge is -2.33. The first kappa shape index (κ1) is 19.5. The highest BCUT2D eigenvalue weighted by molar-refractivity contribution is 6.33. The Morgan fingerprint density at radius 2 is 2.17 bits per heavy atom. The molecule has 1 aromatic carbocycles. The number of nitrogens with one attached hydrogen (secondary N) is 1. The fourth-order valence-corrected chi connectivity index (χ4v) is 3.70. The van der Waals surface area contributed by atoms with Gasteiger partial charge in [-0.3, -0.25) is 4.79 Å². The number of hydrogen-bond donors (Lipinski definition) is 1. The minimum absolute atomic E-state index is 0.0246. The first-order chi connectivity index (χ1) is 14.0. The molecule has 8 nitrogen and oxygen atoms in total. The molecule has 0 amide bonds. The Morgan fingerprint density at radius 3 is 2.93 bits per heavy atom. The predicted molar refractivity (Wildman–Crippen MR) is 101 cm³/mol. The molecule has 1 atom stereocenters. The summed E-state index contributed by atoms with van der Waals surface area (Å²) in [6.07, 6.45) is -1.56. The minimum Gasteiger partial charge on any atom is -0.373 e. The third kappa shape index (κ3) is 3.60. The monoisotopic (exact) mass is 422 g/mol. The van der Waals surface area contributed by atoms with Crippen LogP contribution in [0.2, 0.25) is 5.02 Å². The molecule has 0 unspecified atom stereocenters. The Bertz CT molecular complexity index is 1090. The maximum absolute atomic E-state index is 13.3. The second kappa shape index (κ2) is 7.88. The lowest BCUT2D eigenvalue weighted by atomic mass is 10.1. The number of halogens is 3. The molecule has 0 saturated heterocycles. The summed E-state index contributed by atoms with van der Waals surface area (Å²) in [6, 6.07) is 6.34. The summed E-state index contributed by atoms with van der Waals surface area (Å²) in [6.45, 7) is 0.852. The molecule has 0 aliphatic carbocycles. The normalized spacial score (nSPS) is 16.3. The summed E-state index contributed by atoms with van der Waals surface area (Å²) in [5, 5.41) is 14.5. The van der Waals surface area contributed by atoms with Crippen LogP contribution in [0.25, 0.3) is 0 Å². The van der Waals surface area contributed by atoms with Gasteiger partial charge in [-0.15, -0.1) is 5.10 Å². The molecule has 1 aliphatic heterocycles. The number of fused-ring (bicyclic) bond motifs is 1. The molecule has 152 valence electrons. The van der Waals surface area contributed by atoms with Gasteiger partial charge in [0.1, 0.15) is 16.8 Å². The molecule has 3 aromatic rings. The van der Waals surface area contributed by atoms with Crippen molar-refractivity contribution in [3.8, 4) is 0 Å². The zero-order valence-electron chi connectivity index (χ0n) is 15.3. The summed E-state index contributed by atoms with van der Waals surface area (Å²) in [7, 11) is 1.54. The molecular formula is C18H17ClF2N6O2. The Kier molecular flexibility index (Phi) is 5.29. The quantitative estimate of drug-likeness (QED) is 0.680. The average Bonchev–Trinajstić information content (AvgIpc) is 3.12. The van der Waals surface area contributed by atoms with Crippen LogP contribution in [0.1, 0.15) is 35.0 Å². The van der Waals surface area contributed by atoms with Gasteiger partial charge in [0, 0.05) is 12.7 Å². The van der Waals surface area contributed by atoms with E-state index in [0.717, 1.165) is 0 Å². The number of aromatic amines is 1. The highest BCUT2D eigenvalue weighted by atomic mass is 35.5. The molecule has 1 N–H and O–H groups in total. The zero-order chi connectivity index (χ0) is 20.5. The summed E-state index contributed by atoms with van der Waals surface area (Å²) >= 11 is 6.13. The van der Waals surface area contributed by atoms with Crippen LogP contribution in [-0.4, -0.2) is 38.8 Å². The summed E-state index contributed by atoms with van der Waals surface area (Å²) in [5.41, 5.74) is 1.73. The van der Waals surface area contributed by atoms with E-state index in [1.807, 2.05) is 4.90 Å². The van der Waals surface area contributed by atoms with Crippen molar-refractivity contribution < 1.29 is 13.5 Å². The van der Waals surface area contributed by atoms with Crippen molar-refractivity contribution in [3.05, 3.63) is 68.4 Å². The van der Waals surface area contributed by atoms with Crippen molar-refractivity contribution in [2.45, 2.75) is 25.6 Å². The molecule has 1 aliphatic rings. The Hall–Kier alpha value is -2.85. The van der Waals surface area contributed by atoms with Gasteiger partial charge < -0.3 is 9.64 Å². The van der Waals surface area contributed by atoms with Crippen molar-refractivity contribution in [3.63, 3.8) is 0 Å². The van der Waals surface area contributed by atoms with E-state index in [1.54, 1.807) is 30.0 Å². The predicted octanol–water partition coefficient (Wildman–Crippen LogP) is 2.71. The number of aromatic nitrogens is 5. The minimum atomic E-state index is -2.58. The topological polar surface area (TPSA) is 88.9 Å². The highest BCUT2D eigenvalue weighted by Gasteiger charge is 2.32. The standard InChI is InChI=1S/C18H17ClF2N6O2/c1-29-14-9-26(13-6-22-24-18(28)15(13)19)8-12-16(14)27(25-23-12)7-10-4-2-3-5-11(10)17(20)21/h2-6,14,17H,7-9H2,1H3,(H,24,28)/t14-/m0/s1. The number of ether oxygens (including phenoxy) is 1. The van der Waals surface area contributed by atoms with Gasteiger partial charge in [-0.1, -0.05) is 41.1 Å². The van der Waals surface area contributed by atoms with Crippen molar-refractivity contribution >= 4 is 17.3 Å². The van der Waals surface area contributed by atoms with Crippen LogP contribution in [0.3, 0.4) is 0 Å². The SMILES string of the molecule is CO[C@H]1CN(c2cn[nH]c(=O)c2Cl)Cc2nnn(Cc3ccccc3C(F)F)c21. The maximum atomic E-state index is 13.3. The molecule has 0 bridgehead atoms. The van der Waals surface area contributed by atoms with Crippen LogP contribution in [0.4, 0.5) is 14.5 Å². The van der Waals surface area contributed by atoms with Gasteiger partial charge in [0.05, 0.1) is 37.2 Å². The molecule has 3 heterocycles. The molecule has 0 saturated carbocycles. The smallest absolute Gasteiger partial charge is 0.285 e. The summed E-state index contributed by atoms with van der Waals surface area (Å²) < 4.78 is 33.8. The van der Waals surface area contributed by atoms with Gasteiger partial charge in [0.15, 0.2) is 0 Å². The second-order valence-corrected chi connectivity index (χ2v) is 6.96. The molecule has 11 heteroatoms. The van der Waals surface area contributed by atoms with E-state index >= 15 is 0 Å². The van der Waals surface area contributed by atoms with Crippen LogP contribution < -0.4 is 10.5 Å². The van der Waals surface area contributed by atoms with Gasteiger partial charge in [-0.05, 0) is 5.56 Å². The number of methoxy groups -OCH3 is 1. The molecule has 29 heavy (non-hydrogen) atoms. The molecule has 0 fully saturated rings. The number of hydrogen-bond acceptors (Lipinski definition) is 6. The van der Waals surface area contributed by atoms with Gasteiger partial charge in [-0.2, -0.15) is 5.10 Å². The summed E-state index contributed by atoms with van der Waals surface area (Å²) in [5.74, 6) is 0. The summed E-state index contributed by atoms with van der Waals surface area (Å²) in [4.78, 5) is 13.6. The molecule has 0 spiro atoms. The maximum Gasteiger partial charge on any atom is 0.285 e. The number of benzene rings is 1. The number of H-pyrrole nitrogens is 1. The zero-order valence-corrected chi connectivity index (χ0v) is 16.1. The van der Waals surface area contributed by atoms with E-state index in [-0.39, 0.29) is 17.1 Å². The third-order valence-electron chi connectivity index (χ3n) is 4.89. The van der Waals surface area contributed by atoms with E-state index in [4.69, 9.17) is 16.3 Å². The van der Waals surface area contributed by atoms with Crippen molar-refractivity contribution in [2.75, 3.05) is 18.6 Å². The third-order valence-corrected chi connectivity index (χ3v) is 5.26. The van der Waals surface area contributed by atoms with Crippen molar-refractivity contribution in [2.24, 2.45) is 0 Å². The van der Waals surface area contributed by atoms with Crippen molar-refractivity contribution in [1.29, 1.82) is 0 Å². The average molecular weight is 423 g/mol. The van der Waals surface area contributed by atoms with Gasteiger partial charge >= 0.3 is 0 Å². The van der Waals surface area contributed by atoms with Gasteiger partial charge in [0.25, 0.3) is 12.0 Å². The van der Waals surface area contributed by atoms with E-state index in [1.165, 1.54) is 12.3 Å². The number of anilines is 1. The fourth-order valence-electron chi connectivity index (χ4n) is 3.49.